The van der Waals surface area contributed by atoms with Gasteiger partial charge in [-0.3, -0.25) is 0 Å². The number of anilines is 2. The first-order valence-electron chi connectivity index (χ1n) is 11.4. The first-order valence-corrected chi connectivity index (χ1v) is 11.4. The van der Waals surface area contributed by atoms with Crippen molar-refractivity contribution >= 4 is 11.5 Å². The molecule has 1 aromatic carbocycles. The third-order valence-corrected chi connectivity index (χ3v) is 6.48. The van der Waals surface area contributed by atoms with Crippen molar-refractivity contribution in [1.29, 1.82) is 0 Å². The Bertz CT molecular complexity index is 911. The molecule has 3 nitrogen and oxygen atoms in total. The standard InChI is InChI=1S/C26H33F2N3/c1-18-13-23-25(29-16-18)31(17-19(2)30-23)24(14-20-7-5-4-6-8-20)22-11-9-21(10-12-22)15-26(3,27)28/h9-13,16,20,24,30H,2,4-8,14-15,17H2,1,3H3. The maximum atomic E-state index is 13.5. The number of pyridine rings is 1. The highest BCUT2D eigenvalue weighted by molar-refractivity contribution is 5.72. The number of benzene rings is 1. The van der Waals surface area contributed by atoms with Gasteiger partial charge >= 0.3 is 0 Å². The molecule has 2 aromatic rings. The number of rotatable bonds is 6. The van der Waals surface area contributed by atoms with E-state index < -0.39 is 5.92 Å². The molecule has 1 atom stereocenters. The number of halogens is 2. The summed E-state index contributed by atoms with van der Waals surface area (Å²) in [6.45, 7) is 7.91. The van der Waals surface area contributed by atoms with E-state index in [4.69, 9.17) is 4.98 Å². The van der Waals surface area contributed by atoms with Crippen molar-refractivity contribution in [3.63, 3.8) is 0 Å². The smallest absolute Gasteiger partial charge is 0.249 e. The lowest BCUT2D eigenvalue weighted by molar-refractivity contribution is 0.0226. The molecule has 1 aliphatic heterocycles. The lowest BCUT2D eigenvalue weighted by Gasteiger charge is -2.40. The zero-order valence-corrected chi connectivity index (χ0v) is 18.6. The molecule has 5 heteroatoms. The molecule has 0 saturated heterocycles. The van der Waals surface area contributed by atoms with Crippen LogP contribution in [-0.2, 0) is 6.42 Å². The van der Waals surface area contributed by atoms with Gasteiger partial charge in [0.2, 0.25) is 5.92 Å². The van der Waals surface area contributed by atoms with Crippen molar-refractivity contribution in [2.45, 2.75) is 70.8 Å². The van der Waals surface area contributed by atoms with Gasteiger partial charge < -0.3 is 10.2 Å². The lowest BCUT2D eigenvalue weighted by Crippen LogP contribution is -2.37. The van der Waals surface area contributed by atoms with Crippen molar-refractivity contribution in [2.75, 3.05) is 16.8 Å². The van der Waals surface area contributed by atoms with Gasteiger partial charge in [0.15, 0.2) is 5.82 Å². The molecule has 1 unspecified atom stereocenters. The first kappa shape index (κ1) is 21.8. The Kier molecular flexibility index (Phi) is 6.31. The average molecular weight is 426 g/mol. The molecule has 2 heterocycles. The molecule has 0 radical (unpaired) electrons. The van der Waals surface area contributed by atoms with Crippen LogP contribution in [0.15, 0.2) is 48.8 Å². The number of fused-ring (bicyclic) bond motifs is 1. The highest BCUT2D eigenvalue weighted by atomic mass is 19.3. The van der Waals surface area contributed by atoms with E-state index in [2.05, 4.69) is 22.9 Å². The number of aryl methyl sites for hydroxylation is 1. The molecule has 0 bridgehead atoms. The maximum absolute atomic E-state index is 13.5. The molecular weight excluding hydrogens is 392 g/mol. The Morgan fingerprint density at radius 1 is 1.19 bits per heavy atom. The Morgan fingerprint density at radius 2 is 1.90 bits per heavy atom. The van der Waals surface area contributed by atoms with Crippen LogP contribution in [-0.4, -0.2) is 17.5 Å². The first-order chi connectivity index (χ1) is 14.8. The van der Waals surface area contributed by atoms with E-state index in [1.807, 2.05) is 37.4 Å². The zero-order valence-electron chi connectivity index (χ0n) is 18.6. The Hall–Kier alpha value is -2.43. The second-order valence-electron chi connectivity index (χ2n) is 9.48. The van der Waals surface area contributed by atoms with Crippen LogP contribution in [0.5, 0.6) is 0 Å². The van der Waals surface area contributed by atoms with Gasteiger partial charge in [0.1, 0.15) is 0 Å². The number of hydrogen-bond donors (Lipinski definition) is 1. The highest BCUT2D eigenvalue weighted by Gasteiger charge is 2.31. The van der Waals surface area contributed by atoms with E-state index in [0.29, 0.717) is 18.0 Å². The van der Waals surface area contributed by atoms with Crippen LogP contribution in [0.25, 0.3) is 0 Å². The molecular formula is C26H33F2N3. The highest BCUT2D eigenvalue weighted by Crippen LogP contribution is 2.41. The monoisotopic (exact) mass is 425 g/mol. The number of hydrogen-bond acceptors (Lipinski definition) is 3. The number of nitrogens with zero attached hydrogens (tertiary/aromatic N) is 2. The van der Waals surface area contributed by atoms with Gasteiger partial charge in [-0.15, -0.1) is 0 Å². The lowest BCUT2D eigenvalue weighted by atomic mass is 9.82. The van der Waals surface area contributed by atoms with E-state index in [0.717, 1.165) is 41.7 Å². The largest absolute Gasteiger partial charge is 0.355 e. The predicted octanol–water partition coefficient (Wildman–Crippen LogP) is 7.05. The van der Waals surface area contributed by atoms with Crippen molar-refractivity contribution in [1.82, 2.24) is 4.98 Å². The molecule has 1 aromatic heterocycles. The fourth-order valence-electron chi connectivity index (χ4n) is 5.05. The SMILES string of the molecule is C=C1CN(C(CC2CCCCC2)c2ccc(CC(C)(F)F)cc2)c2ncc(C)cc2N1. The van der Waals surface area contributed by atoms with Gasteiger partial charge in [-0.05, 0) is 48.9 Å². The van der Waals surface area contributed by atoms with Gasteiger partial charge in [0.25, 0.3) is 0 Å². The summed E-state index contributed by atoms with van der Waals surface area (Å²) in [5.74, 6) is -1.07. The van der Waals surface area contributed by atoms with Crippen molar-refractivity contribution in [3.05, 3.63) is 65.5 Å². The number of aromatic nitrogens is 1. The van der Waals surface area contributed by atoms with E-state index in [9.17, 15) is 8.78 Å². The summed E-state index contributed by atoms with van der Waals surface area (Å²) in [6, 6.07) is 10.1. The van der Waals surface area contributed by atoms with Crippen LogP contribution < -0.4 is 10.2 Å². The minimum atomic E-state index is -2.69. The predicted molar refractivity (Wildman–Crippen MR) is 124 cm³/mol. The van der Waals surface area contributed by atoms with Crippen molar-refractivity contribution in [2.24, 2.45) is 5.92 Å². The normalized spacial score (nSPS) is 18.5. The van der Waals surface area contributed by atoms with Gasteiger partial charge in [-0.1, -0.05) is 62.9 Å². The molecule has 166 valence electrons. The Labute approximate surface area is 184 Å². The molecule has 0 amide bonds. The molecule has 1 fully saturated rings. The summed E-state index contributed by atoms with van der Waals surface area (Å²) >= 11 is 0. The molecule has 1 aliphatic carbocycles. The van der Waals surface area contributed by atoms with E-state index in [-0.39, 0.29) is 12.5 Å². The summed E-state index contributed by atoms with van der Waals surface area (Å²) in [4.78, 5) is 7.12. The number of alkyl halides is 2. The third-order valence-electron chi connectivity index (χ3n) is 6.48. The molecule has 1 N–H and O–H groups in total. The second-order valence-corrected chi connectivity index (χ2v) is 9.48. The third kappa shape index (κ3) is 5.44. The van der Waals surface area contributed by atoms with Crippen LogP contribution in [0.1, 0.15) is 68.2 Å². The molecule has 4 rings (SSSR count). The van der Waals surface area contributed by atoms with E-state index in [1.165, 1.54) is 32.1 Å². The summed E-state index contributed by atoms with van der Waals surface area (Å²) in [5.41, 5.74) is 4.89. The molecule has 1 saturated carbocycles. The van der Waals surface area contributed by atoms with Gasteiger partial charge in [-0.25, -0.2) is 13.8 Å². The minimum Gasteiger partial charge on any atom is -0.355 e. The summed E-state index contributed by atoms with van der Waals surface area (Å²) < 4.78 is 26.9. The van der Waals surface area contributed by atoms with E-state index in [1.54, 1.807) is 0 Å². The molecule has 0 spiro atoms. The van der Waals surface area contributed by atoms with Crippen LogP contribution in [0, 0.1) is 12.8 Å². The van der Waals surface area contributed by atoms with Crippen molar-refractivity contribution < 1.29 is 8.78 Å². The van der Waals surface area contributed by atoms with E-state index >= 15 is 0 Å². The number of nitrogens with one attached hydrogen (secondary N) is 1. The van der Waals surface area contributed by atoms with Crippen LogP contribution in [0.3, 0.4) is 0 Å². The second kappa shape index (κ2) is 8.97. The molecule has 31 heavy (non-hydrogen) atoms. The summed E-state index contributed by atoms with van der Waals surface area (Å²) in [6.07, 6.45) is 9.17. The van der Waals surface area contributed by atoms with Gasteiger partial charge in [0, 0.05) is 18.3 Å². The summed E-state index contributed by atoms with van der Waals surface area (Å²) in [7, 11) is 0. The van der Waals surface area contributed by atoms with Crippen LogP contribution in [0.4, 0.5) is 20.3 Å². The fourth-order valence-corrected chi connectivity index (χ4v) is 5.05. The fraction of sp³-hybridized carbons (Fsp3) is 0.500. The Balaban J connectivity index is 1.67. The quantitative estimate of drug-likeness (QED) is 0.538. The van der Waals surface area contributed by atoms with Crippen molar-refractivity contribution in [3.8, 4) is 0 Å². The van der Waals surface area contributed by atoms with Crippen LogP contribution >= 0.6 is 0 Å². The molecule has 2 aliphatic rings. The van der Waals surface area contributed by atoms with Gasteiger partial charge in [-0.2, -0.15) is 0 Å². The summed E-state index contributed by atoms with van der Waals surface area (Å²) in [5, 5.41) is 3.39. The van der Waals surface area contributed by atoms with Crippen LogP contribution in [0.2, 0.25) is 0 Å². The van der Waals surface area contributed by atoms with Gasteiger partial charge in [0.05, 0.1) is 18.3 Å². The average Bonchev–Trinajstić information content (AvgIpc) is 2.71. The topological polar surface area (TPSA) is 28.2 Å². The maximum Gasteiger partial charge on any atom is 0.249 e. The Morgan fingerprint density at radius 3 is 2.58 bits per heavy atom. The zero-order chi connectivity index (χ0) is 22.0. The minimum absolute atomic E-state index is 0.145.